The van der Waals surface area contributed by atoms with Crippen molar-refractivity contribution in [3.05, 3.63) is 0 Å². The molecule has 0 amide bonds. The third-order valence-electron chi connectivity index (χ3n) is 4.96. The molecule has 0 saturated carbocycles. The molecule has 0 heterocycles. The zero-order valence-electron chi connectivity index (χ0n) is 17.6. The first kappa shape index (κ1) is 31.6. The smallest absolute Gasteiger partial charge is 0.460 e. The van der Waals surface area contributed by atoms with Crippen LogP contribution < -0.4 is 0 Å². The third kappa shape index (κ3) is 6.17. The highest BCUT2D eigenvalue weighted by molar-refractivity contribution is 5.72. The first-order chi connectivity index (χ1) is 14.5. The van der Waals surface area contributed by atoms with Gasteiger partial charge in [0.1, 0.15) is 0 Å². The van der Waals surface area contributed by atoms with Gasteiger partial charge in [0.05, 0.1) is 12.5 Å². The fourth-order valence-corrected chi connectivity index (χ4v) is 2.59. The van der Waals surface area contributed by atoms with Gasteiger partial charge in [0.15, 0.2) is 0 Å². The van der Waals surface area contributed by atoms with E-state index in [4.69, 9.17) is 0 Å². The summed E-state index contributed by atoms with van der Waals surface area (Å²) in [5, 5.41) is 0. The summed E-state index contributed by atoms with van der Waals surface area (Å²) in [6.45, 7) is 4.07. The van der Waals surface area contributed by atoms with Crippen LogP contribution in [0.2, 0.25) is 0 Å². The van der Waals surface area contributed by atoms with Crippen molar-refractivity contribution in [3.63, 3.8) is 0 Å². The van der Waals surface area contributed by atoms with E-state index in [1.54, 1.807) is 6.92 Å². The van der Waals surface area contributed by atoms with E-state index in [0.717, 1.165) is 0 Å². The van der Waals surface area contributed by atoms with E-state index in [1.807, 2.05) is 0 Å². The minimum absolute atomic E-state index is 0.173. The summed E-state index contributed by atoms with van der Waals surface area (Å²) in [5.41, 5.74) is 0. The third-order valence-corrected chi connectivity index (χ3v) is 4.96. The molecule has 198 valence electrons. The number of hydrogen-bond acceptors (Lipinski definition) is 2. The summed E-state index contributed by atoms with van der Waals surface area (Å²) < 4.78 is 177. The van der Waals surface area contributed by atoms with E-state index < -0.39 is 66.4 Å². The number of unbranched alkanes of at least 4 members (excludes halogenated alkanes) is 1. The molecule has 0 spiro atoms. The molecule has 0 aliphatic heterocycles. The molecule has 2 nitrogen and oxygen atoms in total. The van der Waals surface area contributed by atoms with Gasteiger partial charge in [0, 0.05) is 6.42 Å². The molecule has 2 atom stereocenters. The van der Waals surface area contributed by atoms with Crippen molar-refractivity contribution < 1.29 is 66.6 Å². The molecule has 0 aliphatic carbocycles. The van der Waals surface area contributed by atoms with Crippen molar-refractivity contribution in [3.8, 4) is 0 Å². The molecule has 0 radical (unpaired) electrons. The van der Waals surface area contributed by atoms with Gasteiger partial charge in [0.2, 0.25) is 0 Å². The van der Waals surface area contributed by atoms with Crippen molar-refractivity contribution >= 4 is 5.97 Å². The summed E-state index contributed by atoms with van der Waals surface area (Å²) in [6, 6.07) is 0. The Labute approximate surface area is 180 Å². The highest BCUT2D eigenvalue weighted by Gasteiger charge is 2.90. The zero-order valence-corrected chi connectivity index (χ0v) is 17.6. The molecule has 0 saturated heterocycles. The van der Waals surface area contributed by atoms with Gasteiger partial charge >= 0.3 is 41.8 Å². The normalized spacial score (nSPS) is 16.5. The fourth-order valence-electron chi connectivity index (χ4n) is 2.59. The summed E-state index contributed by atoms with van der Waals surface area (Å²) >= 11 is 0. The van der Waals surface area contributed by atoms with Crippen LogP contribution >= 0.6 is 0 Å². The minimum Gasteiger partial charge on any atom is -0.465 e. The number of hydrogen-bond donors (Lipinski definition) is 0. The van der Waals surface area contributed by atoms with E-state index in [-0.39, 0.29) is 19.4 Å². The van der Waals surface area contributed by atoms with Crippen molar-refractivity contribution in [2.45, 2.75) is 88.7 Å². The minimum atomic E-state index is -7.96. The van der Waals surface area contributed by atoms with E-state index in [9.17, 15) is 61.9 Å². The lowest BCUT2D eigenvalue weighted by Crippen LogP contribution is -2.70. The van der Waals surface area contributed by atoms with Crippen molar-refractivity contribution in [2.75, 3.05) is 6.61 Å². The zero-order chi connectivity index (χ0) is 26.7. The van der Waals surface area contributed by atoms with Crippen LogP contribution in [0.5, 0.6) is 0 Å². The quantitative estimate of drug-likeness (QED) is 0.143. The molecule has 0 aromatic heterocycles. The summed E-state index contributed by atoms with van der Waals surface area (Å²) in [6.07, 6.45) is -9.87. The monoisotopic (exact) mass is 518 g/mol. The molecule has 0 fully saturated rings. The summed E-state index contributed by atoms with van der Waals surface area (Å²) in [5.74, 6) is -41.8. The Balaban J connectivity index is 6.19. The fraction of sp³-hybridized carbons (Fsp3) is 0.944. The molecular formula is C18H23F13O2. The van der Waals surface area contributed by atoms with Gasteiger partial charge in [-0.15, -0.1) is 0 Å². The maximum atomic E-state index is 14.2. The molecule has 33 heavy (non-hydrogen) atoms. The molecule has 2 unspecified atom stereocenters. The van der Waals surface area contributed by atoms with Gasteiger partial charge in [-0.05, 0) is 18.8 Å². The molecule has 0 aliphatic rings. The second kappa shape index (κ2) is 10.4. The van der Waals surface area contributed by atoms with Crippen LogP contribution in [0, 0.1) is 11.8 Å². The highest BCUT2D eigenvalue weighted by Crippen LogP contribution is 2.61. The molecule has 0 N–H and O–H groups in total. The van der Waals surface area contributed by atoms with Crippen molar-refractivity contribution in [2.24, 2.45) is 11.8 Å². The van der Waals surface area contributed by atoms with Crippen LogP contribution in [-0.2, 0) is 9.53 Å². The molecule has 15 heteroatoms. The predicted octanol–water partition coefficient (Wildman–Crippen LogP) is 7.51. The number of rotatable bonds is 13. The SMILES string of the molecule is CCCCOC(=O)C(CC(C)CC)CC(F)(F)C(F)(F)C(F)(F)C(F)(F)C(F)(F)C(F)(F)F. The van der Waals surface area contributed by atoms with Crippen molar-refractivity contribution in [1.29, 1.82) is 0 Å². The number of carbonyl (C=O) groups excluding carboxylic acids is 1. The van der Waals surface area contributed by atoms with E-state index in [0.29, 0.717) is 6.42 Å². The number of esters is 1. The number of alkyl halides is 13. The van der Waals surface area contributed by atoms with E-state index in [2.05, 4.69) is 4.74 Å². The summed E-state index contributed by atoms with van der Waals surface area (Å²) in [4.78, 5) is 12.0. The van der Waals surface area contributed by atoms with Crippen LogP contribution in [0.1, 0.15) is 52.9 Å². The highest BCUT2D eigenvalue weighted by atomic mass is 19.4. The first-order valence-corrected chi connectivity index (χ1v) is 9.67. The molecular weight excluding hydrogens is 495 g/mol. The van der Waals surface area contributed by atoms with Crippen LogP contribution in [0.25, 0.3) is 0 Å². The van der Waals surface area contributed by atoms with Gasteiger partial charge in [0.25, 0.3) is 0 Å². The molecule has 0 aromatic carbocycles. The summed E-state index contributed by atoms with van der Waals surface area (Å²) in [7, 11) is 0. The van der Waals surface area contributed by atoms with Crippen LogP contribution in [-0.4, -0.2) is 48.4 Å². The van der Waals surface area contributed by atoms with E-state index in [1.165, 1.54) is 13.8 Å². The second-order valence-electron chi connectivity index (χ2n) is 7.67. The molecule has 0 bridgehead atoms. The first-order valence-electron chi connectivity index (χ1n) is 9.67. The Morgan fingerprint density at radius 3 is 1.61 bits per heavy atom. The largest absolute Gasteiger partial charge is 0.465 e. The van der Waals surface area contributed by atoms with Crippen LogP contribution in [0.3, 0.4) is 0 Å². The van der Waals surface area contributed by atoms with Gasteiger partial charge in [-0.3, -0.25) is 4.79 Å². The number of halogens is 13. The average molecular weight is 518 g/mol. The standard InChI is InChI=1S/C18H23F13O2/c1-4-6-7-33-12(32)11(8-10(3)5-2)9-13(19,20)14(21,22)15(23,24)16(25,26)17(27,28)18(29,30)31/h10-11H,4-9H2,1-3H3. The maximum Gasteiger partial charge on any atom is 0.460 e. The Kier molecular flexibility index (Phi) is 9.99. The number of carbonyl (C=O) groups is 1. The van der Waals surface area contributed by atoms with Crippen LogP contribution in [0.15, 0.2) is 0 Å². The lowest BCUT2D eigenvalue weighted by molar-refractivity contribution is -0.440. The Morgan fingerprint density at radius 1 is 0.758 bits per heavy atom. The lowest BCUT2D eigenvalue weighted by atomic mass is 9.85. The van der Waals surface area contributed by atoms with Gasteiger partial charge < -0.3 is 4.74 Å². The second-order valence-corrected chi connectivity index (χ2v) is 7.67. The topological polar surface area (TPSA) is 26.3 Å². The van der Waals surface area contributed by atoms with Crippen LogP contribution in [0.4, 0.5) is 57.1 Å². The number of ether oxygens (including phenoxy) is 1. The Bertz CT molecular complexity index is 644. The average Bonchev–Trinajstić information content (AvgIpc) is 2.65. The lowest BCUT2D eigenvalue weighted by Gasteiger charge is -2.40. The van der Waals surface area contributed by atoms with Gasteiger partial charge in [-0.2, -0.15) is 57.1 Å². The Hall–Kier alpha value is -1.44. The molecule has 0 aromatic rings. The Morgan fingerprint density at radius 2 is 1.21 bits per heavy atom. The van der Waals surface area contributed by atoms with Gasteiger partial charge in [-0.1, -0.05) is 33.6 Å². The van der Waals surface area contributed by atoms with Gasteiger partial charge in [-0.25, -0.2) is 0 Å². The predicted molar refractivity (Wildman–Crippen MR) is 88.8 cm³/mol. The maximum absolute atomic E-state index is 14.2. The van der Waals surface area contributed by atoms with E-state index >= 15 is 0 Å². The van der Waals surface area contributed by atoms with Crippen molar-refractivity contribution in [1.82, 2.24) is 0 Å². The molecule has 0 rings (SSSR count).